The fourth-order valence-corrected chi connectivity index (χ4v) is 1.31. The molecule has 1 rings (SSSR count). The zero-order valence-electron chi connectivity index (χ0n) is 8.94. The number of aromatic nitrogens is 2. The molecule has 0 amide bonds. The number of ether oxygens (including phenoxy) is 1. The lowest BCUT2D eigenvalue weighted by atomic mass is 10.1. The van der Waals surface area contributed by atoms with E-state index in [4.69, 9.17) is 10.5 Å². The van der Waals surface area contributed by atoms with Gasteiger partial charge in [0.2, 0.25) is 0 Å². The van der Waals surface area contributed by atoms with E-state index in [2.05, 4.69) is 4.98 Å². The molecule has 0 aromatic carbocycles. The molecule has 1 aromatic heterocycles. The molecule has 0 bridgehead atoms. The van der Waals surface area contributed by atoms with Crippen molar-refractivity contribution in [3.8, 4) is 0 Å². The molecule has 0 saturated heterocycles. The number of imidazole rings is 1. The van der Waals surface area contributed by atoms with Gasteiger partial charge < -0.3 is 15.0 Å². The normalized spacial score (nSPS) is 13.1. The number of nitrogens with two attached hydrogens (primary N) is 1. The number of hydrogen-bond acceptors (Lipinski definition) is 3. The van der Waals surface area contributed by atoms with Gasteiger partial charge in [0, 0.05) is 45.1 Å². The molecule has 0 spiro atoms. The molecule has 1 unspecified atom stereocenters. The largest absolute Gasteiger partial charge is 0.382 e. The molecule has 0 radical (unpaired) electrons. The van der Waals surface area contributed by atoms with Crippen LogP contribution in [0.1, 0.15) is 19.2 Å². The van der Waals surface area contributed by atoms with Crippen LogP contribution >= 0.6 is 0 Å². The van der Waals surface area contributed by atoms with Gasteiger partial charge in [0.1, 0.15) is 5.82 Å². The molecule has 0 saturated carbocycles. The SMILES string of the molecule is CCOCCC(N)Cc1nccn1C. The summed E-state index contributed by atoms with van der Waals surface area (Å²) in [5.74, 6) is 1.04. The second-order valence-electron chi connectivity index (χ2n) is 3.40. The van der Waals surface area contributed by atoms with Crippen molar-refractivity contribution < 1.29 is 4.74 Å². The van der Waals surface area contributed by atoms with Crippen molar-refractivity contribution in [2.45, 2.75) is 25.8 Å². The van der Waals surface area contributed by atoms with Gasteiger partial charge in [-0.2, -0.15) is 0 Å². The first kappa shape index (κ1) is 11.2. The molecule has 4 heteroatoms. The summed E-state index contributed by atoms with van der Waals surface area (Å²) in [5, 5.41) is 0. The maximum atomic E-state index is 5.94. The Labute approximate surface area is 85.1 Å². The monoisotopic (exact) mass is 197 g/mol. The van der Waals surface area contributed by atoms with Crippen LogP contribution in [-0.4, -0.2) is 28.8 Å². The summed E-state index contributed by atoms with van der Waals surface area (Å²) in [6.07, 6.45) is 5.44. The summed E-state index contributed by atoms with van der Waals surface area (Å²) < 4.78 is 7.25. The molecule has 0 aliphatic heterocycles. The molecule has 2 N–H and O–H groups in total. The Hall–Kier alpha value is -0.870. The molecule has 1 heterocycles. The predicted molar refractivity (Wildman–Crippen MR) is 56.0 cm³/mol. The molecule has 4 nitrogen and oxygen atoms in total. The zero-order valence-corrected chi connectivity index (χ0v) is 8.94. The zero-order chi connectivity index (χ0) is 10.4. The Kier molecular flexibility index (Phi) is 4.62. The van der Waals surface area contributed by atoms with Crippen molar-refractivity contribution in [3.63, 3.8) is 0 Å². The minimum Gasteiger partial charge on any atom is -0.382 e. The number of hydrogen-bond donors (Lipinski definition) is 1. The number of rotatable bonds is 6. The second-order valence-corrected chi connectivity index (χ2v) is 3.40. The van der Waals surface area contributed by atoms with Crippen molar-refractivity contribution in [3.05, 3.63) is 18.2 Å². The third-order valence-electron chi connectivity index (χ3n) is 2.20. The van der Waals surface area contributed by atoms with E-state index in [1.54, 1.807) is 6.20 Å². The van der Waals surface area contributed by atoms with Gasteiger partial charge in [-0.15, -0.1) is 0 Å². The third-order valence-corrected chi connectivity index (χ3v) is 2.20. The van der Waals surface area contributed by atoms with Gasteiger partial charge in [-0.05, 0) is 13.3 Å². The minimum atomic E-state index is 0.141. The fraction of sp³-hybridized carbons (Fsp3) is 0.700. The first-order valence-electron chi connectivity index (χ1n) is 5.03. The van der Waals surface area contributed by atoms with E-state index in [9.17, 15) is 0 Å². The number of aryl methyl sites for hydroxylation is 1. The molecule has 80 valence electrons. The van der Waals surface area contributed by atoms with Gasteiger partial charge in [-0.3, -0.25) is 0 Å². The first-order valence-corrected chi connectivity index (χ1v) is 5.03. The highest BCUT2D eigenvalue weighted by atomic mass is 16.5. The minimum absolute atomic E-state index is 0.141. The Morgan fingerprint density at radius 1 is 1.64 bits per heavy atom. The quantitative estimate of drug-likeness (QED) is 0.684. The van der Waals surface area contributed by atoms with Gasteiger partial charge in [-0.1, -0.05) is 0 Å². The lowest BCUT2D eigenvalue weighted by molar-refractivity contribution is 0.139. The molecule has 0 aliphatic rings. The van der Waals surface area contributed by atoms with Crippen molar-refractivity contribution in [2.24, 2.45) is 12.8 Å². The van der Waals surface area contributed by atoms with Crippen LogP contribution in [0.2, 0.25) is 0 Å². The van der Waals surface area contributed by atoms with Crippen LogP contribution < -0.4 is 5.73 Å². The van der Waals surface area contributed by atoms with Gasteiger partial charge in [0.25, 0.3) is 0 Å². The van der Waals surface area contributed by atoms with E-state index < -0.39 is 0 Å². The second kappa shape index (κ2) is 5.78. The standard InChI is InChI=1S/C10H19N3O/c1-3-14-7-4-9(11)8-10-12-5-6-13(10)2/h5-6,9H,3-4,7-8,11H2,1-2H3. The van der Waals surface area contributed by atoms with Crippen LogP contribution in [0.3, 0.4) is 0 Å². The smallest absolute Gasteiger partial charge is 0.109 e. The first-order chi connectivity index (χ1) is 6.74. The van der Waals surface area contributed by atoms with Crippen LogP contribution in [0.4, 0.5) is 0 Å². The topological polar surface area (TPSA) is 53.1 Å². The van der Waals surface area contributed by atoms with Crippen molar-refractivity contribution in [1.82, 2.24) is 9.55 Å². The average molecular weight is 197 g/mol. The Morgan fingerprint density at radius 2 is 2.43 bits per heavy atom. The van der Waals surface area contributed by atoms with E-state index in [1.165, 1.54) is 0 Å². The van der Waals surface area contributed by atoms with Gasteiger partial charge in [-0.25, -0.2) is 4.98 Å². The summed E-state index contributed by atoms with van der Waals surface area (Å²) in [4.78, 5) is 4.23. The van der Waals surface area contributed by atoms with E-state index in [1.807, 2.05) is 24.7 Å². The van der Waals surface area contributed by atoms with Gasteiger partial charge in [0.15, 0.2) is 0 Å². The fourth-order valence-electron chi connectivity index (χ4n) is 1.31. The van der Waals surface area contributed by atoms with E-state index in [-0.39, 0.29) is 6.04 Å². The Morgan fingerprint density at radius 3 is 3.00 bits per heavy atom. The molecule has 0 fully saturated rings. The van der Waals surface area contributed by atoms with Crippen molar-refractivity contribution in [2.75, 3.05) is 13.2 Å². The van der Waals surface area contributed by atoms with E-state index in [0.29, 0.717) is 0 Å². The Balaban J connectivity index is 2.27. The van der Waals surface area contributed by atoms with E-state index in [0.717, 1.165) is 31.9 Å². The van der Waals surface area contributed by atoms with Crippen molar-refractivity contribution >= 4 is 0 Å². The maximum Gasteiger partial charge on any atom is 0.109 e. The molecule has 0 aliphatic carbocycles. The highest BCUT2D eigenvalue weighted by molar-refractivity contribution is 4.93. The molecule has 1 aromatic rings. The van der Waals surface area contributed by atoms with Crippen LogP contribution in [0.15, 0.2) is 12.4 Å². The summed E-state index contributed by atoms with van der Waals surface area (Å²) >= 11 is 0. The molecular weight excluding hydrogens is 178 g/mol. The van der Waals surface area contributed by atoms with Crippen LogP contribution in [0.25, 0.3) is 0 Å². The van der Waals surface area contributed by atoms with Crippen LogP contribution in [-0.2, 0) is 18.2 Å². The predicted octanol–water partition coefficient (Wildman–Crippen LogP) is 0.716. The summed E-state index contributed by atoms with van der Waals surface area (Å²) in [5.41, 5.74) is 5.94. The van der Waals surface area contributed by atoms with Gasteiger partial charge >= 0.3 is 0 Å². The lowest BCUT2D eigenvalue weighted by Crippen LogP contribution is -2.26. The summed E-state index contributed by atoms with van der Waals surface area (Å²) in [6.45, 7) is 3.49. The maximum absolute atomic E-state index is 5.94. The summed E-state index contributed by atoms with van der Waals surface area (Å²) in [6, 6.07) is 0.141. The van der Waals surface area contributed by atoms with Crippen LogP contribution in [0, 0.1) is 0 Å². The molecule has 14 heavy (non-hydrogen) atoms. The average Bonchev–Trinajstić information content (AvgIpc) is 2.52. The van der Waals surface area contributed by atoms with Crippen LogP contribution in [0.5, 0.6) is 0 Å². The highest BCUT2D eigenvalue weighted by Gasteiger charge is 2.07. The van der Waals surface area contributed by atoms with Crippen molar-refractivity contribution in [1.29, 1.82) is 0 Å². The van der Waals surface area contributed by atoms with E-state index >= 15 is 0 Å². The number of nitrogens with zero attached hydrogens (tertiary/aromatic N) is 2. The lowest BCUT2D eigenvalue weighted by Gasteiger charge is -2.10. The van der Waals surface area contributed by atoms with Gasteiger partial charge in [0.05, 0.1) is 0 Å². The highest BCUT2D eigenvalue weighted by Crippen LogP contribution is 2.01. The molecular formula is C10H19N3O. The third kappa shape index (κ3) is 3.47. The molecule has 1 atom stereocenters. The Bertz CT molecular complexity index is 260. The summed E-state index contributed by atoms with van der Waals surface area (Å²) in [7, 11) is 1.98.